The Labute approximate surface area is 129 Å². The smallest absolute Gasteiger partial charge is 0.240 e. The Morgan fingerprint density at radius 1 is 1.33 bits per heavy atom. The summed E-state index contributed by atoms with van der Waals surface area (Å²) >= 11 is 0. The third-order valence-corrected chi connectivity index (χ3v) is 6.05. The molecular formula is C17H32N2O2. The maximum atomic E-state index is 12.6. The molecule has 2 aliphatic carbocycles. The van der Waals surface area contributed by atoms with Gasteiger partial charge in [0.25, 0.3) is 0 Å². The highest BCUT2D eigenvalue weighted by molar-refractivity contribution is 5.88. The summed E-state index contributed by atoms with van der Waals surface area (Å²) in [6.45, 7) is 9.74. The number of hydrogen-bond acceptors (Lipinski definition) is 3. The number of ether oxygens (including phenoxy) is 1. The SMILES string of the molecule is CCCC1(CNC(=O)C2(N)CC(OCC)C2(C)C)CCC1. The molecule has 2 fully saturated rings. The first-order chi connectivity index (χ1) is 9.81. The zero-order valence-electron chi connectivity index (χ0n) is 14.1. The van der Waals surface area contributed by atoms with Crippen LogP contribution in [0.3, 0.4) is 0 Å². The Kier molecular flexibility index (Phi) is 4.69. The van der Waals surface area contributed by atoms with E-state index < -0.39 is 5.54 Å². The zero-order chi connectivity index (χ0) is 15.7. The number of carbonyl (C=O) groups excluding carboxylic acids is 1. The van der Waals surface area contributed by atoms with E-state index in [0.29, 0.717) is 18.4 Å². The molecule has 1 amide bonds. The number of rotatable bonds is 7. The highest BCUT2D eigenvalue weighted by atomic mass is 16.5. The fourth-order valence-corrected chi connectivity index (χ4v) is 3.97. The third-order valence-electron chi connectivity index (χ3n) is 6.05. The average Bonchev–Trinajstić information content (AvgIpc) is 2.40. The summed E-state index contributed by atoms with van der Waals surface area (Å²) in [5.74, 6) is 0.00540. The lowest BCUT2D eigenvalue weighted by molar-refractivity contribution is -0.171. The van der Waals surface area contributed by atoms with Crippen LogP contribution in [0.1, 0.15) is 66.2 Å². The minimum atomic E-state index is -0.788. The van der Waals surface area contributed by atoms with Crippen LogP contribution in [0.25, 0.3) is 0 Å². The van der Waals surface area contributed by atoms with Crippen molar-refractivity contribution in [1.29, 1.82) is 0 Å². The van der Waals surface area contributed by atoms with E-state index >= 15 is 0 Å². The van der Waals surface area contributed by atoms with Gasteiger partial charge >= 0.3 is 0 Å². The van der Waals surface area contributed by atoms with Crippen molar-refractivity contribution >= 4 is 5.91 Å². The van der Waals surface area contributed by atoms with Gasteiger partial charge in [-0.25, -0.2) is 0 Å². The molecule has 122 valence electrons. The second-order valence-corrected chi connectivity index (χ2v) is 7.63. The highest BCUT2D eigenvalue weighted by Crippen LogP contribution is 2.50. The van der Waals surface area contributed by atoms with Crippen LogP contribution >= 0.6 is 0 Å². The molecular weight excluding hydrogens is 264 g/mol. The number of nitrogens with two attached hydrogens (primary N) is 1. The fraction of sp³-hybridized carbons (Fsp3) is 0.941. The summed E-state index contributed by atoms with van der Waals surface area (Å²) in [7, 11) is 0. The molecule has 0 aromatic rings. The largest absolute Gasteiger partial charge is 0.378 e. The molecule has 2 unspecified atom stereocenters. The van der Waals surface area contributed by atoms with Crippen molar-refractivity contribution in [3.63, 3.8) is 0 Å². The van der Waals surface area contributed by atoms with Gasteiger partial charge in [0.15, 0.2) is 0 Å². The molecule has 2 atom stereocenters. The summed E-state index contributed by atoms with van der Waals surface area (Å²) < 4.78 is 5.70. The Morgan fingerprint density at radius 3 is 2.43 bits per heavy atom. The van der Waals surface area contributed by atoms with E-state index in [1.54, 1.807) is 0 Å². The zero-order valence-corrected chi connectivity index (χ0v) is 14.1. The monoisotopic (exact) mass is 296 g/mol. The van der Waals surface area contributed by atoms with Crippen molar-refractivity contribution in [2.75, 3.05) is 13.2 Å². The van der Waals surface area contributed by atoms with Gasteiger partial charge in [-0.15, -0.1) is 0 Å². The molecule has 3 N–H and O–H groups in total. The predicted octanol–water partition coefficient (Wildman–Crippen LogP) is 2.61. The molecule has 2 aliphatic rings. The van der Waals surface area contributed by atoms with Crippen LogP contribution in [0.2, 0.25) is 0 Å². The van der Waals surface area contributed by atoms with Crippen LogP contribution in [0.15, 0.2) is 0 Å². The van der Waals surface area contributed by atoms with Gasteiger partial charge < -0.3 is 15.8 Å². The van der Waals surface area contributed by atoms with Crippen LogP contribution in [-0.4, -0.2) is 30.7 Å². The van der Waals surface area contributed by atoms with E-state index in [-0.39, 0.29) is 17.4 Å². The Morgan fingerprint density at radius 2 is 2.00 bits per heavy atom. The summed E-state index contributed by atoms with van der Waals surface area (Å²) in [4.78, 5) is 12.6. The van der Waals surface area contributed by atoms with E-state index in [1.807, 2.05) is 20.8 Å². The molecule has 0 bridgehead atoms. The predicted molar refractivity (Wildman–Crippen MR) is 84.9 cm³/mol. The lowest BCUT2D eigenvalue weighted by Gasteiger charge is -2.58. The number of carbonyl (C=O) groups is 1. The van der Waals surface area contributed by atoms with Crippen LogP contribution in [0.4, 0.5) is 0 Å². The number of hydrogen-bond donors (Lipinski definition) is 2. The molecule has 21 heavy (non-hydrogen) atoms. The van der Waals surface area contributed by atoms with Gasteiger partial charge in [0.2, 0.25) is 5.91 Å². The van der Waals surface area contributed by atoms with Crippen molar-refractivity contribution in [1.82, 2.24) is 5.32 Å². The maximum absolute atomic E-state index is 12.6. The quantitative estimate of drug-likeness (QED) is 0.759. The standard InChI is InChI=1S/C17H32N2O2/c1-5-8-16(9-7-10-16)12-19-14(20)17(18)11-13(21-6-2)15(17,3)4/h13H,5-12,18H2,1-4H3,(H,19,20). The number of amides is 1. The Balaban J connectivity index is 1.92. The molecule has 0 heterocycles. The minimum absolute atomic E-state index is 0.00540. The molecule has 2 saturated carbocycles. The number of nitrogens with one attached hydrogen (secondary N) is 1. The lowest BCUT2D eigenvalue weighted by Crippen LogP contribution is -2.76. The lowest BCUT2D eigenvalue weighted by atomic mass is 9.54. The van der Waals surface area contributed by atoms with Gasteiger partial charge in [-0.2, -0.15) is 0 Å². The van der Waals surface area contributed by atoms with Gasteiger partial charge in [0, 0.05) is 25.0 Å². The normalized spacial score (nSPS) is 32.9. The maximum Gasteiger partial charge on any atom is 0.240 e. The van der Waals surface area contributed by atoms with Gasteiger partial charge in [0.05, 0.1) is 6.10 Å². The molecule has 0 spiro atoms. The molecule has 0 aliphatic heterocycles. The van der Waals surface area contributed by atoms with Gasteiger partial charge in [-0.05, 0) is 31.6 Å². The van der Waals surface area contributed by atoms with E-state index in [9.17, 15) is 4.79 Å². The minimum Gasteiger partial charge on any atom is -0.378 e. The summed E-state index contributed by atoms with van der Waals surface area (Å²) in [6, 6.07) is 0. The molecule has 0 saturated heterocycles. The molecule has 2 rings (SSSR count). The van der Waals surface area contributed by atoms with Crippen molar-refractivity contribution in [2.45, 2.75) is 77.9 Å². The topological polar surface area (TPSA) is 64.4 Å². The first-order valence-electron chi connectivity index (χ1n) is 8.50. The van der Waals surface area contributed by atoms with Crippen molar-refractivity contribution in [3.8, 4) is 0 Å². The summed E-state index contributed by atoms with van der Waals surface area (Å²) in [5.41, 5.74) is 5.67. The van der Waals surface area contributed by atoms with Crippen LogP contribution in [0.5, 0.6) is 0 Å². The van der Waals surface area contributed by atoms with Crippen LogP contribution in [-0.2, 0) is 9.53 Å². The highest BCUT2D eigenvalue weighted by Gasteiger charge is 2.62. The van der Waals surface area contributed by atoms with E-state index in [1.165, 1.54) is 32.1 Å². The van der Waals surface area contributed by atoms with Crippen molar-refractivity contribution in [3.05, 3.63) is 0 Å². The molecule has 0 aromatic heterocycles. The van der Waals surface area contributed by atoms with E-state index in [2.05, 4.69) is 12.2 Å². The molecule has 0 radical (unpaired) electrons. The van der Waals surface area contributed by atoms with E-state index in [0.717, 1.165) is 6.54 Å². The molecule has 0 aromatic carbocycles. The van der Waals surface area contributed by atoms with Crippen molar-refractivity contribution in [2.24, 2.45) is 16.6 Å². The van der Waals surface area contributed by atoms with Crippen LogP contribution in [0, 0.1) is 10.8 Å². The fourth-order valence-electron chi connectivity index (χ4n) is 3.97. The van der Waals surface area contributed by atoms with Gasteiger partial charge in [-0.3, -0.25) is 4.79 Å². The summed E-state index contributed by atoms with van der Waals surface area (Å²) in [5, 5.41) is 3.15. The first kappa shape index (κ1) is 16.8. The second kappa shape index (κ2) is 5.88. The van der Waals surface area contributed by atoms with Gasteiger partial charge in [-0.1, -0.05) is 33.6 Å². The average molecular weight is 296 g/mol. The van der Waals surface area contributed by atoms with Crippen LogP contribution < -0.4 is 11.1 Å². The first-order valence-corrected chi connectivity index (χ1v) is 8.50. The van der Waals surface area contributed by atoms with Gasteiger partial charge in [0.1, 0.15) is 5.54 Å². The Bertz CT molecular complexity index is 390. The second-order valence-electron chi connectivity index (χ2n) is 7.63. The summed E-state index contributed by atoms with van der Waals surface area (Å²) in [6.07, 6.45) is 6.87. The molecule has 4 heteroatoms. The van der Waals surface area contributed by atoms with E-state index in [4.69, 9.17) is 10.5 Å². The Hall–Kier alpha value is -0.610. The third kappa shape index (κ3) is 2.72. The van der Waals surface area contributed by atoms with Crippen molar-refractivity contribution < 1.29 is 9.53 Å². The molecule has 4 nitrogen and oxygen atoms in total.